The van der Waals surface area contributed by atoms with E-state index >= 15 is 0 Å². The number of nitrogens with one attached hydrogen (secondary N) is 1. The van der Waals surface area contributed by atoms with Crippen LogP contribution < -0.4 is 4.90 Å². The summed E-state index contributed by atoms with van der Waals surface area (Å²) in [6.45, 7) is 2.07. The SMILES string of the molecule is Cc1ccc(Cc2cnc(N3C(=N)SC(c4ccccc4)C3=O)s2)cc1. The number of amidine groups is 1. The van der Waals surface area contributed by atoms with Crippen molar-refractivity contribution in [2.75, 3.05) is 4.90 Å². The molecule has 26 heavy (non-hydrogen) atoms. The van der Waals surface area contributed by atoms with Gasteiger partial charge in [-0.05, 0) is 18.1 Å². The van der Waals surface area contributed by atoms with Crippen LogP contribution in [0.5, 0.6) is 0 Å². The maximum atomic E-state index is 12.9. The minimum atomic E-state index is -0.367. The number of anilines is 1. The predicted octanol–water partition coefficient (Wildman–Crippen LogP) is 4.80. The van der Waals surface area contributed by atoms with E-state index in [1.807, 2.05) is 30.3 Å². The van der Waals surface area contributed by atoms with E-state index in [1.54, 1.807) is 6.20 Å². The number of hydrogen-bond donors (Lipinski definition) is 1. The summed E-state index contributed by atoms with van der Waals surface area (Å²) in [7, 11) is 0. The molecule has 0 saturated carbocycles. The molecule has 130 valence electrons. The molecule has 1 fully saturated rings. The predicted molar refractivity (Wildman–Crippen MR) is 108 cm³/mol. The van der Waals surface area contributed by atoms with E-state index in [0.717, 1.165) is 16.9 Å². The van der Waals surface area contributed by atoms with Gasteiger partial charge >= 0.3 is 0 Å². The number of amides is 1. The van der Waals surface area contributed by atoms with Crippen molar-refractivity contribution in [3.63, 3.8) is 0 Å². The highest BCUT2D eigenvalue weighted by Crippen LogP contribution is 2.42. The van der Waals surface area contributed by atoms with E-state index in [0.29, 0.717) is 5.13 Å². The van der Waals surface area contributed by atoms with Gasteiger partial charge in [-0.25, -0.2) is 9.88 Å². The molecule has 3 aromatic rings. The monoisotopic (exact) mass is 379 g/mol. The molecular weight excluding hydrogens is 362 g/mol. The number of hydrogen-bond acceptors (Lipinski definition) is 5. The topological polar surface area (TPSA) is 57.1 Å². The Morgan fingerprint density at radius 3 is 2.58 bits per heavy atom. The number of aromatic nitrogens is 1. The Kier molecular flexibility index (Phi) is 4.61. The summed E-state index contributed by atoms with van der Waals surface area (Å²) in [5.41, 5.74) is 3.37. The number of carbonyl (C=O) groups excluding carboxylic acids is 1. The first-order valence-corrected chi connectivity index (χ1v) is 9.96. The molecule has 1 aromatic heterocycles. The largest absolute Gasteiger partial charge is 0.278 e. The normalized spacial score (nSPS) is 17.1. The van der Waals surface area contributed by atoms with Crippen molar-refractivity contribution in [1.82, 2.24) is 4.98 Å². The van der Waals surface area contributed by atoms with E-state index in [1.165, 1.54) is 39.1 Å². The maximum Gasteiger partial charge on any atom is 0.253 e. The average Bonchev–Trinajstić information content (AvgIpc) is 3.21. The zero-order chi connectivity index (χ0) is 18.1. The number of rotatable bonds is 4. The summed E-state index contributed by atoms with van der Waals surface area (Å²) < 4.78 is 0. The van der Waals surface area contributed by atoms with Gasteiger partial charge in [-0.3, -0.25) is 10.2 Å². The number of carbonyl (C=O) groups is 1. The van der Waals surface area contributed by atoms with E-state index < -0.39 is 0 Å². The summed E-state index contributed by atoms with van der Waals surface area (Å²) in [6, 6.07) is 18.0. The summed E-state index contributed by atoms with van der Waals surface area (Å²) in [5.74, 6) is -0.0950. The fourth-order valence-electron chi connectivity index (χ4n) is 2.84. The second-order valence-corrected chi connectivity index (χ2v) is 8.35. The smallest absolute Gasteiger partial charge is 0.253 e. The lowest BCUT2D eigenvalue weighted by Crippen LogP contribution is -2.29. The van der Waals surface area contributed by atoms with Crippen molar-refractivity contribution in [3.05, 3.63) is 82.4 Å². The molecule has 0 bridgehead atoms. The van der Waals surface area contributed by atoms with Crippen LogP contribution in [0.4, 0.5) is 5.13 Å². The molecule has 0 radical (unpaired) electrons. The van der Waals surface area contributed by atoms with Gasteiger partial charge in [0.15, 0.2) is 10.3 Å². The van der Waals surface area contributed by atoms with Gasteiger partial charge in [0.2, 0.25) is 0 Å². The molecule has 1 N–H and O–H groups in total. The fourth-order valence-corrected chi connectivity index (χ4v) is 4.86. The van der Waals surface area contributed by atoms with Crippen molar-refractivity contribution < 1.29 is 4.79 Å². The summed E-state index contributed by atoms with van der Waals surface area (Å²) in [6.07, 6.45) is 2.59. The van der Waals surface area contributed by atoms with Crippen LogP contribution in [0.3, 0.4) is 0 Å². The summed E-state index contributed by atoms with van der Waals surface area (Å²) >= 11 is 2.74. The Morgan fingerprint density at radius 1 is 1.12 bits per heavy atom. The first-order chi connectivity index (χ1) is 12.6. The van der Waals surface area contributed by atoms with Crippen molar-refractivity contribution in [3.8, 4) is 0 Å². The van der Waals surface area contributed by atoms with Gasteiger partial charge in [0.25, 0.3) is 5.91 Å². The lowest BCUT2D eigenvalue weighted by molar-refractivity contribution is -0.117. The number of benzene rings is 2. The van der Waals surface area contributed by atoms with E-state index in [4.69, 9.17) is 5.41 Å². The first kappa shape index (κ1) is 17.0. The third-order valence-corrected chi connectivity index (χ3v) is 6.31. The van der Waals surface area contributed by atoms with Crippen LogP contribution in [0, 0.1) is 12.3 Å². The standard InChI is InChI=1S/C20H17N3OS2/c1-13-7-9-14(10-8-13)11-16-12-22-20(25-16)23-18(24)17(26-19(23)21)15-5-3-2-4-6-15/h2-10,12,17,21H,11H2,1H3. The van der Waals surface area contributed by atoms with Crippen molar-refractivity contribution in [2.24, 2.45) is 0 Å². The molecule has 4 rings (SSSR count). The van der Waals surface area contributed by atoms with Crippen LogP contribution in [0.15, 0.2) is 60.8 Å². The van der Waals surface area contributed by atoms with Gasteiger partial charge in [-0.2, -0.15) is 0 Å². The van der Waals surface area contributed by atoms with Crippen LogP contribution in [0.2, 0.25) is 0 Å². The third-order valence-electron chi connectivity index (χ3n) is 4.21. The van der Waals surface area contributed by atoms with Crippen LogP contribution in [0.1, 0.15) is 26.8 Å². The lowest BCUT2D eigenvalue weighted by Gasteiger charge is -2.11. The zero-order valence-electron chi connectivity index (χ0n) is 14.2. The van der Waals surface area contributed by atoms with Gasteiger partial charge in [-0.15, -0.1) is 11.3 Å². The molecule has 1 amide bonds. The Hall–Kier alpha value is -2.44. The van der Waals surface area contributed by atoms with Crippen molar-refractivity contribution >= 4 is 39.3 Å². The highest BCUT2D eigenvalue weighted by Gasteiger charge is 2.40. The molecule has 1 saturated heterocycles. The molecule has 1 aliphatic rings. The molecular formula is C20H17N3OS2. The highest BCUT2D eigenvalue weighted by atomic mass is 32.2. The average molecular weight is 380 g/mol. The van der Waals surface area contributed by atoms with Crippen LogP contribution >= 0.6 is 23.1 Å². The van der Waals surface area contributed by atoms with Crippen molar-refractivity contribution in [1.29, 1.82) is 5.41 Å². The second kappa shape index (κ2) is 7.05. The second-order valence-electron chi connectivity index (χ2n) is 6.16. The summed E-state index contributed by atoms with van der Waals surface area (Å²) in [5, 5.41) is 8.69. The van der Waals surface area contributed by atoms with Gasteiger partial charge in [0, 0.05) is 17.5 Å². The summed E-state index contributed by atoms with van der Waals surface area (Å²) in [4.78, 5) is 19.8. The fraction of sp³-hybridized carbons (Fsp3) is 0.150. The Labute approximate surface area is 160 Å². The van der Waals surface area contributed by atoms with Crippen LogP contribution in [0.25, 0.3) is 0 Å². The molecule has 0 spiro atoms. The van der Waals surface area contributed by atoms with Gasteiger partial charge in [0.05, 0.1) is 0 Å². The third kappa shape index (κ3) is 3.30. The van der Waals surface area contributed by atoms with E-state index in [2.05, 4.69) is 36.2 Å². The quantitative estimate of drug-likeness (QED) is 0.708. The number of thioether (sulfide) groups is 1. The number of thiazole rings is 1. The van der Waals surface area contributed by atoms with E-state index in [-0.39, 0.29) is 16.3 Å². The van der Waals surface area contributed by atoms with Gasteiger partial charge in [-0.1, -0.05) is 71.9 Å². The number of nitrogens with zero attached hydrogens (tertiary/aromatic N) is 2. The van der Waals surface area contributed by atoms with E-state index in [9.17, 15) is 4.79 Å². The molecule has 2 heterocycles. The Balaban J connectivity index is 1.54. The van der Waals surface area contributed by atoms with Gasteiger partial charge in [0.1, 0.15) is 5.25 Å². The molecule has 0 aliphatic carbocycles. The van der Waals surface area contributed by atoms with Crippen LogP contribution in [-0.4, -0.2) is 16.1 Å². The molecule has 1 unspecified atom stereocenters. The number of aryl methyl sites for hydroxylation is 1. The molecule has 6 heteroatoms. The first-order valence-electron chi connectivity index (χ1n) is 8.26. The van der Waals surface area contributed by atoms with Crippen LogP contribution in [-0.2, 0) is 11.2 Å². The highest BCUT2D eigenvalue weighted by molar-refractivity contribution is 8.15. The van der Waals surface area contributed by atoms with Crippen molar-refractivity contribution in [2.45, 2.75) is 18.6 Å². The maximum absolute atomic E-state index is 12.9. The lowest BCUT2D eigenvalue weighted by atomic mass is 10.1. The zero-order valence-corrected chi connectivity index (χ0v) is 15.8. The minimum absolute atomic E-state index is 0.0950. The Bertz CT molecular complexity index is 951. The molecule has 1 aliphatic heterocycles. The Morgan fingerprint density at radius 2 is 1.85 bits per heavy atom. The molecule has 2 aromatic carbocycles. The molecule has 1 atom stereocenters. The minimum Gasteiger partial charge on any atom is -0.278 e. The molecule has 4 nitrogen and oxygen atoms in total. The van der Waals surface area contributed by atoms with Gasteiger partial charge < -0.3 is 0 Å².